The van der Waals surface area contributed by atoms with Crippen molar-refractivity contribution < 1.29 is 33.4 Å². The van der Waals surface area contributed by atoms with E-state index in [2.05, 4.69) is 105 Å². The number of carbonyl (C=O) groups is 2. The molecule has 63 heavy (non-hydrogen) atoms. The Morgan fingerprint density at radius 3 is 1.65 bits per heavy atom. The molecular formula is C54H77NO7Si. The van der Waals surface area contributed by atoms with Gasteiger partial charge in [-0.1, -0.05) is 153 Å². The molecule has 2 unspecified atom stereocenters. The molecule has 6 rings (SSSR count). The van der Waals surface area contributed by atoms with Gasteiger partial charge in [0.25, 0.3) is 8.32 Å². The topological polar surface area (TPSA) is 119 Å². The van der Waals surface area contributed by atoms with E-state index in [0.717, 1.165) is 81.2 Å². The first kappa shape index (κ1) is 50.0. The monoisotopic (exact) mass is 880 g/mol. The van der Waals surface area contributed by atoms with E-state index in [1.54, 1.807) is 0 Å². The SMILES string of the molecule is CC(C)C(CC[C@H]1CCC[C@@H](O[Si](c2ccccc2)(c2ccccc2)C(C)(C)C)C1)C(=O)O.Cc1ccc(-c2nc(CO[C@@H]3CCC[C@H](CCC(C(=O)O)C(C)C)C3)c(C)o2)cc1. The van der Waals surface area contributed by atoms with Gasteiger partial charge in [-0.05, 0) is 116 Å². The summed E-state index contributed by atoms with van der Waals surface area (Å²) < 4.78 is 19.4. The second-order valence-corrected chi connectivity index (χ2v) is 24.6. The van der Waals surface area contributed by atoms with Crippen molar-refractivity contribution in [2.24, 2.45) is 35.5 Å². The molecule has 0 bridgehead atoms. The summed E-state index contributed by atoms with van der Waals surface area (Å²) in [5.41, 5.74) is 3.05. The van der Waals surface area contributed by atoms with Crippen molar-refractivity contribution in [1.29, 1.82) is 0 Å². The molecule has 344 valence electrons. The van der Waals surface area contributed by atoms with Gasteiger partial charge in [0.2, 0.25) is 5.89 Å². The molecule has 4 aromatic rings. The third kappa shape index (κ3) is 13.7. The van der Waals surface area contributed by atoms with Crippen LogP contribution >= 0.6 is 0 Å². The van der Waals surface area contributed by atoms with Crippen LogP contribution in [0.2, 0.25) is 5.04 Å². The first-order chi connectivity index (χ1) is 30.0. The van der Waals surface area contributed by atoms with Gasteiger partial charge in [0.1, 0.15) is 11.5 Å². The zero-order valence-corrected chi connectivity index (χ0v) is 40.8. The normalized spacial score (nSPS) is 20.5. The van der Waals surface area contributed by atoms with Crippen LogP contribution in [0.5, 0.6) is 0 Å². The molecule has 2 aliphatic carbocycles. The predicted molar refractivity (Wildman–Crippen MR) is 257 cm³/mol. The molecule has 2 saturated carbocycles. The van der Waals surface area contributed by atoms with Crippen LogP contribution in [-0.4, -0.2) is 47.7 Å². The van der Waals surface area contributed by atoms with Crippen molar-refractivity contribution in [3.05, 3.63) is 102 Å². The van der Waals surface area contributed by atoms with Crippen LogP contribution in [0.15, 0.2) is 89.3 Å². The molecule has 1 heterocycles. The van der Waals surface area contributed by atoms with Crippen LogP contribution in [0.1, 0.15) is 143 Å². The van der Waals surface area contributed by atoms with Gasteiger partial charge in [0.15, 0.2) is 0 Å². The largest absolute Gasteiger partial charge is 0.481 e. The fourth-order valence-electron chi connectivity index (χ4n) is 10.1. The molecule has 0 saturated heterocycles. The lowest BCUT2D eigenvalue weighted by atomic mass is 9.81. The molecule has 0 amide bonds. The highest BCUT2D eigenvalue weighted by atomic mass is 28.4. The number of benzene rings is 3. The molecule has 1 aromatic heterocycles. The van der Waals surface area contributed by atoms with E-state index in [1.807, 2.05) is 46.8 Å². The van der Waals surface area contributed by atoms with Crippen LogP contribution in [0.4, 0.5) is 0 Å². The number of carboxylic acid groups (broad SMARTS) is 2. The summed E-state index contributed by atoms with van der Waals surface area (Å²) in [7, 11) is -2.54. The van der Waals surface area contributed by atoms with Gasteiger partial charge in [-0.15, -0.1) is 0 Å². The number of aryl methyl sites for hydroxylation is 2. The number of aromatic nitrogens is 1. The molecule has 3 aromatic carbocycles. The number of hydrogen-bond acceptors (Lipinski definition) is 6. The number of oxazole rings is 1. The Kier molecular flexibility index (Phi) is 18.4. The van der Waals surface area contributed by atoms with Crippen LogP contribution in [-0.2, 0) is 25.4 Å². The molecule has 2 aliphatic rings. The van der Waals surface area contributed by atoms with E-state index >= 15 is 0 Å². The summed E-state index contributed by atoms with van der Waals surface area (Å²) in [6.07, 6.45) is 12.8. The summed E-state index contributed by atoms with van der Waals surface area (Å²) in [5.74, 6) is 1.08. The number of carboxylic acids is 2. The van der Waals surface area contributed by atoms with Crippen LogP contribution in [0, 0.1) is 49.4 Å². The maximum atomic E-state index is 11.7. The summed E-state index contributed by atoms with van der Waals surface area (Å²) >= 11 is 0. The number of ether oxygens (including phenoxy) is 1. The van der Waals surface area contributed by atoms with Crippen LogP contribution in [0.25, 0.3) is 11.5 Å². The summed E-state index contributed by atoms with van der Waals surface area (Å²) in [6, 6.07) is 29.9. The number of aliphatic carboxylic acids is 2. The van der Waals surface area contributed by atoms with Crippen molar-refractivity contribution in [3.8, 4) is 11.5 Å². The smallest absolute Gasteiger partial charge is 0.306 e. The summed E-state index contributed by atoms with van der Waals surface area (Å²) in [6.45, 7) is 19.5. The van der Waals surface area contributed by atoms with Gasteiger partial charge in [0.05, 0.1) is 24.5 Å². The second-order valence-electron chi connectivity index (χ2n) is 20.3. The maximum Gasteiger partial charge on any atom is 0.306 e. The van der Waals surface area contributed by atoms with Gasteiger partial charge in [-0.3, -0.25) is 9.59 Å². The Morgan fingerprint density at radius 1 is 0.714 bits per heavy atom. The quantitative estimate of drug-likeness (QED) is 0.0949. The molecule has 0 aliphatic heterocycles. The van der Waals surface area contributed by atoms with Crippen molar-refractivity contribution in [2.45, 2.75) is 163 Å². The molecule has 8 nitrogen and oxygen atoms in total. The van der Waals surface area contributed by atoms with Gasteiger partial charge >= 0.3 is 11.9 Å². The first-order valence-corrected chi connectivity index (χ1v) is 25.8. The molecule has 9 heteroatoms. The van der Waals surface area contributed by atoms with Gasteiger partial charge in [0, 0.05) is 11.7 Å². The third-order valence-electron chi connectivity index (χ3n) is 13.9. The minimum absolute atomic E-state index is 0.0192. The minimum atomic E-state index is -2.54. The zero-order valence-electron chi connectivity index (χ0n) is 39.8. The lowest BCUT2D eigenvalue weighted by Crippen LogP contribution is -2.67. The highest BCUT2D eigenvalue weighted by Gasteiger charge is 2.51. The fraction of sp³-hybridized carbons (Fsp3) is 0.574. The van der Waals surface area contributed by atoms with Gasteiger partial charge in [-0.25, -0.2) is 4.98 Å². The molecule has 2 N–H and O–H groups in total. The number of hydrogen-bond donors (Lipinski definition) is 2. The number of nitrogens with zero attached hydrogens (tertiary/aromatic N) is 1. The maximum absolute atomic E-state index is 11.7. The molecule has 0 radical (unpaired) electrons. The van der Waals surface area contributed by atoms with Gasteiger partial charge in [-0.2, -0.15) is 0 Å². The molecular weight excluding hydrogens is 803 g/mol. The van der Waals surface area contributed by atoms with Crippen LogP contribution < -0.4 is 10.4 Å². The highest BCUT2D eigenvalue weighted by molar-refractivity contribution is 6.99. The summed E-state index contributed by atoms with van der Waals surface area (Å²) in [4.78, 5) is 27.8. The average Bonchev–Trinajstić information content (AvgIpc) is 3.62. The van der Waals surface area contributed by atoms with E-state index in [1.165, 1.54) is 28.8 Å². The van der Waals surface area contributed by atoms with E-state index in [-0.39, 0.29) is 40.9 Å². The second kappa shape index (κ2) is 23.2. The Labute approximate surface area is 379 Å². The average molecular weight is 880 g/mol. The minimum Gasteiger partial charge on any atom is -0.481 e. The Hall–Kier alpha value is -4.05. The number of rotatable bonds is 18. The Bertz CT molecular complexity index is 1950. The fourth-order valence-corrected chi connectivity index (χ4v) is 14.8. The molecule has 0 spiro atoms. The van der Waals surface area contributed by atoms with Crippen LogP contribution in [0.3, 0.4) is 0 Å². The Morgan fingerprint density at radius 2 is 1.19 bits per heavy atom. The van der Waals surface area contributed by atoms with E-state index in [0.29, 0.717) is 24.3 Å². The first-order valence-electron chi connectivity index (χ1n) is 23.9. The molecule has 2 fully saturated rings. The van der Waals surface area contributed by atoms with Crippen molar-refractivity contribution in [2.75, 3.05) is 0 Å². The van der Waals surface area contributed by atoms with Crippen molar-refractivity contribution in [1.82, 2.24) is 4.98 Å². The summed E-state index contributed by atoms with van der Waals surface area (Å²) in [5, 5.41) is 21.7. The van der Waals surface area contributed by atoms with Crippen molar-refractivity contribution in [3.63, 3.8) is 0 Å². The zero-order chi connectivity index (χ0) is 45.7. The van der Waals surface area contributed by atoms with E-state index < -0.39 is 20.3 Å². The van der Waals surface area contributed by atoms with Gasteiger partial charge < -0.3 is 23.8 Å². The lowest BCUT2D eigenvalue weighted by molar-refractivity contribution is -0.144. The van der Waals surface area contributed by atoms with E-state index in [4.69, 9.17) is 13.6 Å². The lowest BCUT2D eigenvalue weighted by Gasteiger charge is -2.46. The highest BCUT2D eigenvalue weighted by Crippen LogP contribution is 2.41. The van der Waals surface area contributed by atoms with Crippen molar-refractivity contribution >= 4 is 30.6 Å². The third-order valence-corrected chi connectivity index (χ3v) is 19.0. The van der Waals surface area contributed by atoms with E-state index in [9.17, 15) is 19.8 Å². The molecule has 6 atom stereocenters. The standard InChI is InChI=1S/C29H42O3Si.C25H35NO4/c1-22(2)27(28(30)31)20-19-23-13-12-14-24(21-23)32-33(29(3,4)5,25-15-8-6-9-16-25)26-17-10-7-11-18-26;1-16(2)22(25(27)28)13-10-19-6-5-7-21(14-19)29-15-23-18(4)30-24(26-23)20-11-8-17(3)9-12-20/h6-11,15-18,22-24,27H,12-14,19-21H2,1-5H3,(H,30,31);8-9,11-12,16,19,21-22H,5-7,10,13-15H2,1-4H3,(H,27,28)/t23-,24-,27?;19-,21-,22?/m11/s1. The predicted octanol–water partition coefficient (Wildman–Crippen LogP) is 12.4. The Balaban J connectivity index is 0.000000239.